The fraction of sp³-hybridized carbons (Fsp3) is 0.333. The Balaban J connectivity index is 2.04. The zero-order valence-corrected chi connectivity index (χ0v) is 23.2. The minimum absolute atomic E-state index is 0.0645. The van der Waals surface area contributed by atoms with Gasteiger partial charge in [-0.15, -0.1) is 0 Å². The van der Waals surface area contributed by atoms with E-state index in [1.54, 1.807) is 32.0 Å². The topological polar surface area (TPSA) is 126 Å². The number of carbonyl (C=O) groups is 1. The highest BCUT2D eigenvalue weighted by atomic mass is 79.9. The van der Waals surface area contributed by atoms with E-state index in [0.717, 1.165) is 10.9 Å². The molecule has 3 rings (SSSR count). The average molecular weight is 624 g/mol. The second-order valence-electron chi connectivity index (χ2n) is 8.24. The number of benzene rings is 2. The summed E-state index contributed by atoms with van der Waals surface area (Å²) in [5.41, 5.74) is 0.158. The number of nitrogens with zero attached hydrogens (tertiary/aromatic N) is 4. The van der Waals surface area contributed by atoms with Crippen molar-refractivity contribution in [2.75, 3.05) is 6.61 Å². The van der Waals surface area contributed by atoms with Gasteiger partial charge in [-0.05, 0) is 60.5 Å². The molecule has 0 aliphatic rings. The lowest BCUT2D eigenvalue weighted by molar-refractivity contribution is -0.385. The standard InChI is InChI=1S/C24H24Br2N4O6/c1-5-14(4)23-28-19-7-6-16(25)10-17(19)24(32)29(23)27-11-15-8-18(26)22(20(9-15)30(33)34)35-12-21(31)36-13(2)3/h6-11,13-14H,5,12H2,1-4H3/t14-/m0/s1. The molecular formula is C24H24Br2N4O6. The largest absolute Gasteiger partial charge is 0.474 e. The number of nitro groups is 1. The number of halogens is 2. The molecule has 0 saturated carbocycles. The summed E-state index contributed by atoms with van der Waals surface area (Å²) in [6.07, 6.45) is 1.73. The molecular weight excluding hydrogens is 600 g/mol. The summed E-state index contributed by atoms with van der Waals surface area (Å²) >= 11 is 6.64. The molecule has 0 unspecified atom stereocenters. The van der Waals surface area contributed by atoms with Gasteiger partial charge >= 0.3 is 11.7 Å². The van der Waals surface area contributed by atoms with Crippen molar-refractivity contribution in [1.29, 1.82) is 0 Å². The molecule has 0 radical (unpaired) electrons. The second-order valence-corrected chi connectivity index (χ2v) is 10.0. The molecule has 0 amide bonds. The van der Waals surface area contributed by atoms with Gasteiger partial charge < -0.3 is 9.47 Å². The summed E-state index contributed by atoms with van der Waals surface area (Å²) in [6.45, 7) is 6.80. The maximum Gasteiger partial charge on any atom is 0.344 e. The highest BCUT2D eigenvalue weighted by Gasteiger charge is 2.22. The van der Waals surface area contributed by atoms with Crippen molar-refractivity contribution < 1.29 is 19.2 Å². The van der Waals surface area contributed by atoms with Gasteiger partial charge in [-0.3, -0.25) is 14.9 Å². The van der Waals surface area contributed by atoms with Crippen LogP contribution < -0.4 is 10.3 Å². The predicted molar refractivity (Wildman–Crippen MR) is 143 cm³/mol. The Hall–Kier alpha value is -3.12. The molecule has 0 aliphatic carbocycles. The number of fused-ring (bicyclic) bond motifs is 1. The Morgan fingerprint density at radius 3 is 2.61 bits per heavy atom. The first-order chi connectivity index (χ1) is 17.0. The molecule has 0 fully saturated rings. The lowest BCUT2D eigenvalue weighted by Gasteiger charge is -2.14. The first-order valence-electron chi connectivity index (χ1n) is 11.1. The van der Waals surface area contributed by atoms with Crippen LogP contribution in [0.1, 0.15) is 51.4 Å². The highest BCUT2D eigenvalue weighted by molar-refractivity contribution is 9.10. The number of hydrogen-bond acceptors (Lipinski definition) is 8. The zero-order chi connectivity index (χ0) is 26.6. The third-order valence-electron chi connectivity index (χ3n) is 5.15. The lowest BCUT2D eigenvalue weighted by atomic mass is 10.1. The summed E-state index contributed by atoms with van der Waals surface area (Å²) in [5.74, 6) is -0.354. The molecule has 0 saturated heterocycles. The SMILES string of the molecule is CC[C@H](C)c1nc2ccc(Br)cc2c(=O)n1N=Cc1cc(Br)c(OCC(=O)OC(C)C)c([N+](=O)[O-])c1. The number of esters is 1. The van der Waals surface area contributed by atoms with E-state index >= 15 is 0 Å². The Bertz CT molecular complexity index is 1400. The van der Waals surface area contributed by atoms with E-state index in [1.165, 1.54) is 17.0 Å². The molecule has 190 valence electrons. The minimum Gasteiger partial charge on any atom is -0.474 e. The summed E-state index contributed by atoms with van der Waals surface area (Å²) < 4.78 is 12.6. The molecule has 1 aromatic heterocycles. The van der Waals surface area contributed by atoms with Crippen molar-refractivity contribution in [1.82, 2.24) is 9.66 Å². The summed E-state index contributed by atoms with van der Waals surface area (Å²) in [4.78, 5) is 40.8. The highest BCUT2D eigenvalue weighted by Crippen LogP contribution is 2.36. The van der Waals surface area contributed by atoms with Gasteiger partial charge in [0.25, 0.3) is 5.56 Å². The maximum atomic E-state index is 13.3. The van der Waals surface area contributed by atoms with Gasteiger partial charge in [0.2, 0.25) is 5.75 Å². The van der Waals surface area contributed by atoms with E-state index in [4.69, 9.17) is 9.47 Å². The van der Waals surface area contributed by atoms with E-state index in [0.29, 0.717) is 22.3 Å². The Morgan fingerprint density at radius 1 is 1.25 bits per heavy atom. The van der Waals surface area contributed by atoms with Gasteiger partial charge in [0.05, 0.1) is 32.6 Å². The molecule has 2 aromatic carbocycles. The van der Waals surface area contributed by atoms with Crippen molar-refractivity contribution in [2.45, 2.75) is 46.1 Å². The molecule has 36 heavy (non-hydrogen) atoms. The second kappa shape index (κ2) is 11.7. The third kappa shape index (κ3) is 6.35. The average Bonchev–Trinajstić information content (AvgIpc) is 2.81. The first-order valence-corrected chi connectivity index (χ1v) is 12.7. The van der Waals surface area contributed by atoms with Crippen LogP contribution in [0.4, 0.5) is 5.69 Å². The summed E-state index contributed by atoms with van der Waals surface area (Å²) in [5, 5.41) is 16.4. The van der Waals surface area contributed by atoms with Crippen LogP contribution in [0.2, 0.25) is 0 Å². The zero-order valence-electron chi connectivity index (χ0n) is 20.0. The quantitative estimate of drug-likeness (QED) is 0.132. The summed E-state index contributed by atoms with van der Waals surface area (Å²) in [7, 11) is 0. The number of rotatable bonds is 9. The predicted octanol–water partition coefficient (Wildman–Crippen LogP) is 5.56. The molecule has 0 bridgehead atoms. The maximum absolute atomic E-state index is 13.3. The number of ether oxygens (including phenoxy) is 2. The molecule has 1 atom stereocenters. The monoisotopic (exact) mass is 622 g/mol. The fourth-order valence-electron chi connectivity index (χ4n) is 3.28. The molecule has 0 spiro atoms. The van der Waals surface area contributed by atoms with Crippen molar-refractivity contribution in [2.24, 2.45) is 5.10 Å². The van der Waals surface area contributed by atoms with Crippen LogP contribution in [0.3, 0.4) is 0 Å². The van der Waals surface area contributed by atoms with Crippen LogP contribution in [0, 0.1) is 10.1 Å². The van der Waals surface area contributed by atoms with E-state index in [-0.39, 0.29) is 33.5 Å². The smallest absolute Gasteiger partial charge is 0.344 e. The number of aromatic nitrogens is 2. The molecule has 0 aliphatic heterocycles. The van der Waals surface area contributed by atoms with Gasteiger partial charge in [0.1, 0.15) is 5.82 Å². The lowest BCUT2D eigenvalue weighted by Crippen LogP contribution is -2.23. The van der Waals surface area contributed by atoms with E-state index in [2.05, 4.69) is 41.9 Å². The van der Waals surface area contributed by atoms with Crippen molar-refractivity contribution in [3.63, 3.8) is 0 Å². The number of carbonyl (C=O) groups excluding carboxylic acids is 1. The van der Waals surface area contributed by atoms with Crippen LogP contribution in [-0.4, -0.2) is 39.5 Å². The third-order valence-corrected chi connectivity index (χ3v) is 6.24. The van der Waals surface area contributed by atoms with E-state index in [9.17, 15) is 19.7 Å². The molecule has 0 N–H and O–H groups in total. The van der Waals surface area contributed by atoms with Crippen molar-refractivity contribution in [3.05, 3.63) is 71.1 Å². The first kappa shape index (κ1) is 27.5. The minimum atomic E-state index is -0.649. The van der Waals surface area contributed by atoms with Crippen molar-refractivity contribution >= 4 is 60.6 Å². The van der Waals surface area contributed by atoms with Gasteiger partial charge in [-0.25, -0.2) is 9.78 Å². The van der Waals surface area contributed by atoms with Gasteiger partial charge in [-0.2, -0.15) is 9.78 Å². The van der Waals surface area contributed by atoms with E-state index in [1.807, 2.05) is 19.9 Å². The molecule has 12 heteroatoms. The Kier molecular flexibility index (Phi) is 8.96. The van der Waals surface area contributed by atoms with Gasteiger partial charge in [0, 0.05) is 22.0 Å². The molecule has 1 heterocycles. The fourth-order valence-corrected chi connectivity index (χ4v) is 4.23. The van der Waals surface area contributed by atoms with Crippen LogP contribution in [0.5, 0.6) is 5.75 Å². The Labute approximate surface area is 223 Å². The van der Waals surface area contributed by atoms with Crippen molar-refractivity contribution in [3.8, 4) is 5.75 Å². The van der Waals surface area contributed by atoms with Crippen LogP contribution in [0.15, 0.2) is 49.2 Å². The summed E-state index contributed by atoms with van der Waals surface area (Å²) in [6, 6.07) is 8.03. The molecule has 3 aromatic rings. The number of nitro benzene ring substituents is 1. The van der Waals surface area contributed by atoms with Crippen LogP contribution in [0.25, 0.3) is 10.9 Å². The Morgan fingerprint density at radius 2 is 1.97 bits per heavy atom. The van der Waals surface area contributed by atoms with Crippen LogP contribution in [-0.2, 0) is 9.53 Å². The van der Waals surface area contributed by atoms with E-state index < -0.39 is 17.5 Å². The van der Waals surface area contributed by atoms with Gasteiger partial charge in [0.15, 0.2) is 6.61 Å². The molecule has 10 nitrogen and oxygen atoms in total. The number of hydrogen-bond donors (Lipinski definition) is 0. The van der Waals surface area contributed by atoms with Crippen LogP contribution >= 0.6 is 31.9 Å². The normalized spacial score (nSPS) is 12.3. The van der Waals surface area contributed by atoms with Gasteiger partial charge in [-0.1, -0.05) is 29.8 Å².